The van der Waals surface area contributed by atoms with Crippen LogP contribution in [0.3, 0.4) is 0 Å². The van der Waals surface area contributed by atoms with Crippen LogP contribution in [0.25, 0.3) is 0 Å². The van der Waals surface area contributed by atoms with E-state index in [1.54, 1.807) is 18.3 Å². The smallest absolute Gasteiger partial charge is 0.200 e. The van der Waals surface area contributed by atoms with Gasteiger partial charge in [-0.2, -0.15) is 5.10 Å². The fraction of sp³-hybridized carbons (Fsp3) is 0.350. The molecule has 0 radical (unpaired) electrons. The lowest BCUT2D eigenvalue weighted by molar-refractivity contribution is -0.918. The number of benzene rings is 2. The summed E-state index contributed by atoms with van der Waals surface area (Å²) in [4.78, 5) is 1.50. The second-order valence-corrected chi connectivity index (χ2v) is 6.90. The van der Waals surface area contributed by atoms with Crippen molar-refractivity contribution in [3.63, 3.8) is 0 Å². The molecule has 6 nitrogen and oxygen atoms in total. The molecule has 0 spiro atoms. The van der Waals surface area contributed by atoms with E-state index in [0.29, 0.717) is 11.5 Å². The molecule has 0 amide bonds. The molecular weight excluding hydrogens is 366 g/mol. The Bertz CT molecular complexity index is 780. The number of ether oxygens (including phenoxy) is 2. The summed E-state index contributed by atoms with van der Waals surface area (Å²) in [5.74, 6) is 0.726. The largest absolute Gasteiger partial charge is 0.502 e. The lowest BCUT2D eigenvalue weighted by Gasteiger charge is -2.30. The Morgan fingerprint density at radius 3 is 2.37 bits per heavy atom. The summed E-state index contributed by atoms with van der Waals surface area (Å²) < 4.78 is 10.4. The number of phenols is 1. The second-order valence-electron chi connectivity index (χ2n) is 6.49. The van der Waals surface area contributed by atoms with Crippen LogP contribution in [0.1, 0.15) is 11.1 Å². The first-order valence-corrected chi connectivity index (χ1v) is 9.29. The van der Waals surface area contributed by atoms with Gasteiger partial charge in [-0.1, -0.05) is 29.8 Å². The van der Waals surface area contributed by atoms with Crippen molar-refractivity contribution in [2.75, 3.05) is 40.4 Å². The van der Waals surface area contributed by atoms with E-state index in [1.165, 1.54) is 24.7 Å². The van der Waals surface area contributed by atoms with Gasteiger partial charge in [0.1, 0.15) is 6.54 Å². The van der Waals surface area contributed by atoms with Crippen molar-refractivity contribution in [1.82, 2.24) is 5.01 Å². The van der Waals surface area contributed by atoms with Crippen molar-refractivity contribution < 1.29 is 19.5 Å². The Morgan fingerprint density at radius 1 is 1.15 bits per heavy atom. The molecule has 27 heavy (non-hydrogen) atoms. The molecule has 0 aliphatic carbocycles. The molecular formula is C20H25ClN3O3+. The third-order valence-corrected chi connectivity index (χ3v) is 5.09. The highest BCUT2D eigenvalue weighted by Gasteiger charge is 2.19. The van der Waals surface area contributed by atoms with Gasteiger partial charge in [-0.05, 0) is 18.2 Å². The van der Waals surface area contributed by atoms with Crippen LogP contribution in [0.2, 0.25) is 5.02 Å². The normalized spacial score (nSPS) is 15.3. The van der Waals surface area contributed by atoms with Crippen LogP contribution in [0.15, 0.2) is 41.5 Å². The van der Waals surface area contributed by atoms with Gasteiger partial charge in [0.05, 0.1) is 46.6 Å². The molecule has 0 aromatic heterocycles. The van der Waals surface area contributed by atoms with Crippen molar-refractivity contribution in [3.8, 4) is 17.2 Å². The predicted octanol–water partition coefficient (Wildman–Crippen LogP) is 1.80. The number of hydrogen-bond acceptors (Lipinski definition) is 5. The van der Waals surface area contributed by atoms with Crippen molar-refractivity contribution in [1.29, 1.82) is 0 Å². The Balaban J connectivity index is 1.58. The molecule has 1 aliphatic heterocycles. The minimum Gasteiger partial charge on any atom is -0.502 e. The molecule has 1 fully saturated rings. The molecule has 144 valence electrons. The quantitative estimate of drug-likeness (QED) is 0.738. The van der Waals surface area contributed by atoms with Gasteiger partial charge in [-0.15, -0.1) is 0 Å². The molecule has 0 unspecified atom stereocenters. The molecule has 2 N–H and O–H groups in total. The second kappa shape index (κ2) is 8.97. The number of methoxy groups -OCH3 is 2. The van der Waals surface area contributed by atoms with E-state index in [4.69, 9.17) is 21.1 Å². The van der Waals surface area contributed by atoms with Gasteiger partial charge in [-0.25, -0.2) is 0 Å². The van der Waals surface area contributed by atoms with E-state index in [-0.39, 0.29) is 5.75 Å². The van der Waals surface area contributed by atoms with Crippen LogP contribution in [0.5, 0.6) is 17.2 Å². The Morgan fingerprint density at radius 2 is 1.78 bits per heavy atom. The number of halogens is 1. The molecule has 3 rings (SSSR count). The summed E-state index contributed by atoms with van der Waals surface area (Å²) >= 11 is 6.26. The van der Waals surface area contributed by atoms with Crippen LogP contribution in [-0.4, -0.2) is 56.7 Å². The van der Waals surface area contributed by atoms with Gasteiger partial charge in [0, 0.05) is 16.1 Å². The highest BCUT2D eigenvalue weighted by Crippen LogP contribution is 2.36. The van der Waals surface area contributed by atoms with Gasteiger partial charge in [-0.3, -0.25) is 5.01 Å². The van der Waals surface area contributed by atoms with Gasteiger partial charge in [0.2, 0.25) is 5.75 Å². The molecule has 0 saturated carbocycles. The molecule has 7 heteroatoms. The number of hydrazone groups is 1. The molecule has 1 saturated heterocycles. The standard InChI is InChI=1S/C20H24ClN3O3/c1-26-18-11-15(12-19(27-2)20(18)25)13-22-24-9-7-23(8-10-24)14-16-5-3-4-6-17(16)21/h3-6,11-13,25H,7-10,14H2,1-2H3/p+1/b22-13+. The van der Waals surface area contributed by atoms with Crippen LogP contribution in [0.4, 0.5) is 0 Å². The number of phenolic OH excluding ortho intramolecular Hbond substituents is 1. The first kappa shape index (κ1) is 19.3. The zero-order valence-electron chi connectivity index (χ0n) is 15.6. The van der Waals surface area contributed by atoms with Crippen molar-refractivity contribution in [2.24, 2.45) is 5.10 Å². The molecule has 2 aromatic rings. The Labute approximate surface area is 164 Å². The maximum absolute atomic E-state index is 9.98. The van der Waals surface area contributed by atoms with Gasteiger partial charge in [0.25, 0.3) is 0 Å². The number of aromatic hydroxyl groups is 1. The number of piperazine rings is 1. The number of nitrogens with one attached hydrogen (secondary N) is 1. The molecule has 0 bridgehead atoms. The average Bonchev–Trinajstić information content (AvgIpc) is 2.70. The molecule has 1 heterocycles. The summed E-state index contributed by atoms with van der Waals surface area (Å²) in [6, 6.07) is 11.5. The lowest BCUT2D eigenvalue weighted by Crippen LogP contribution is -3.13. The third kappa shape index (κ3) is 4.84. The van der Waals surface area contributed by atoms with E-state index in [9.17, 15) is 5.11 Å². The van der Waals surface area contributed by atoms with Gasteiger partial charge < -0.3 is 19.5 Å². The van der Waals surface area contributed by atoms with Gasteiger partial charge >= 0.3 is 0 Å². The fourth-order valence-electron chi connectivity index (χ4n) is 3.15. The first-order valence-electron chi connectivity index (χ1n) is 8.91. The van der Waals surface area contributed by atoms with Crippen LogP contribution < -0.4 is 14.4 Å². The summed E-state index contributed by atoms with van der Waals surface area (Å²) in [6.07, 6.45) is 1.77. The lowest BCUT2D eigenvalue weighted by atomic mass is 10.2. The predicted molar refractivity (Wildman–Crippen MR) is 106 cm³/mol. The summed E-state index contributed by atoms with van der Waals surface area (Å²) in [5.41, 5.74) is 2.00. The minimum absolute atomic E-state index is 0.00561. The topological polar surface area (TPSA) is 58.7 Å². The number of nitrogens with zero attached hydrogens (tertiary/aromatic N) is 2. The zero-order chi connectivity index (χ0) is 19.2. The number of hydrogen-bond donors (Lipinski definition) is 2. The molecule has 1 aliphatic rings. The summed E-state index contributed by atoms with van der Waals surface area (Å²) in [6.45, 7) is 4.70. The van der Waals surface area contributed by atoms with Crippen LogP contribution in [-0.2, 0) is 6.54 Å². The summed E-state index contributed by atoms with van der Waals surface area (Å²) in [5, 5.41) is 17.4. The Hall–Kier alpha value is -2.44. The minimum atomic E-state index is -0.00561. The zero-order valence-corrected chi connectivity index (χ0v) is 16.4. The van der Waals surface area contributed by atoms with E-state index < -0.39 is 0 Å². The number of rotatable bonds is 6. The Kier molecular flexibility index (Phi) is 6.42. The number of quaternary nitrogens is 1. The van der Waals surface area contributed by atoms with Crippen molar-refractivity contribution >= 4 is 17.8 Å². The highest BCUT2D eigenvalue weighted by atomic mass is 35.5. The first-order chi connectivity index (χ1) is 13.1. The maximum atomic E-state index is 9.98. The van der Waals surface area contributed by atoms with Crippen molar-refractivity contribution in [2.45, 2.75) is 6.54 Å². The average molecular weight is 391 g/mol. The van der Waals surface area contributed by atoms with E-state index in [1.807, 2.05) is 18.2 Å². The van der Waals surface area contributed by atoms with Crippen molar-refractivity contribution in [3.05, 3.63) is 52.5 Å². The van der Waals surface area contributed by atoms with E-state index in [0.717, 1.165) is 43.3 Å². The highest BCUT2D eigenvalue weighted by molar-refractivity contribution is 6.31. The van der Waals surface area contributed by atoms with Crippen LogP contribution in [0, 0.1) is 0 Å². The van der Waals surface area contributed by atoms with Crippen LogP contribution >= 0.6 is 11.6 Å². The molecule has 0 atom stereocenters. The summed E-state index contributed by atoms with van der Waals surface area (Å²) in [7, 11) is 3.02. The molecule has 2 aromatic carbocycles. The third-order valence-electron chi connectivity index (χ3n) is 4.72. The monoisotopic (exact) mass is 390 g/mol. The fourth-order valence-corrected chi connectivity index (χ4v) is 3.35. The SMILES string of the molecule is COc1cc(/C=N/N2CC[NH+](Cc3ccccc3Cl)CC2)cc(OC)c1O. The van der Waals surface area contributed by atoms with Gasteiger partial charge in [0.15, 0.2) is 11.5 Å². The van der Waals surface area contributed by atoms with E-state index in [2.05, 4.69) is 16.2 Å². The van der Waals surface area contributed by atoms with E-state index >= 15 is 0 Å². The maximum Gasteiger partial charge on any atom is 0.200 e.